The molecule has 2 N–H and O–H groups in total. The summed E-state index contributed by atoms with van der Waals surface area (Å²) in [6.45, 7) is 11.8. The van der Waals surface area contributed by atoms with Crippen LogP contribution in [0.4, 0.5) is 5.69 Å². The molecule has 2 amide bonds. The Morgan fingerprint density at radius 2 is 2.08 bits per heavy atom. The topological polar surface area (TPSA) is 63.1 Å². The molecule has 0 bridgehead atoms. The van der Waals surface area contributed by atoms with Crippen molar-refractivity contribution in [3.63, 3.8) is 0 Å². The second kappa shape index (κ2) is 9.57. The Labute approximate surface area is 156 Å². The maximum absolute atomic E-state index is 12.4. The lowest BCUT2D eigenvalue weighted by molar-refractivity contribution is -0.896. The van der Waals surface area contributed by atoms with E-state index in [2.05, 4.69) is 19.2 Å². The monoisotopic (exact) mass is 362 g/mol. The van der Waals surface area contributed by atoms with Gasteiger partial charge in [0.2, 0.25) is 5.91 Å². The molecule has 0 aliphatic carbocycles. The van der Waals surface area contributed by atoms with Gasteiger partial charge in [-0.3, -0.25) is 14.5 Å². The average molecular weight is 362 g/mol. The maximum Gasteiger partial charge on any atom is 0.265 e. The fourth-order valence-electron chi connectivity index (χ4n) is 3.28. The molecule has 1 aliphatic rings. The largest absolute Gasteiger partial charge is 0.482 e. The first-order valence-electron chi connectivity index (χ1n) is 9.61. The minimum atomic E-state index is -0.184. The molecule has 1 atom stereocenters. The minimum absolute atomic E-state index is 0.0223. The molecule has 2 rings (SSSR count). The van der Waals surface area contributed by atoms with Gasteiger partial charge in [0.05, 0.1) is 25.3 Å². The lowest BCUT2D eigenvalue weighted by Crippen LogP contribution is -3.11. The Kier molecular flexibility index (Phi) is 7.45. The summed E-state index contributed by atoms with van der Waals surface area (Å²) in [6, 6.07) is 5.77. The number of aryl methyl sites for hydroxylation is 1. The highest BCUT2D eigenvalue weighted by atomic mass is 16.5. The van der Waals surface area contributed by atoms with E-state index in [-0.39, 0.29) is 31.0 Å². The lowest BCUT2D eigenvalue weighted by Gasteiger charge is -2.29. The Morgan fingerprint density at radius 1 is 1.35 bits per heavy atom. The van der Waals surface area contributed by atoms with Gasteiger partial charge < -0.3 is 15.0 Å². The molecule has 0 radical (unpaired) electrons. The van der Waals surface area contributed by atoms with Crippen LogP contribution in [-0.4, -0.2) is 50.6 Å². The zero-order valence-corrected chi connectivity index (χ0v) is 16.4. The summed E-state index contributed by atoms with van der Waals surface area (Å²) in [4.78, 5) is 27.7. The number of carbonyl (C=O) groups excluding carboxylic acids is 2. The van der Waals surface area contributed by atoms with Crippen molar-refractivity contribution in [2.24, 2.45) is 0 Å². The molecule has 26 heavy (non-hydrogen) atoms. The van der Waals surface area contributed by atoms with E-state index in [0.717, 1.165) is 38.0 Å². The van der Waals surface area contributed by atoms with Crippen molar-refractivity contribution >= 4 is 17.5 Å². The van der Waals surface area contributed by atoms with Crippen molar-refractivity contribution in [1.29, 1.82) is 0 Å². The average Bonchev–Trinajstić information content (AvgIpc) is 2.61. The van der Waals surface area contributed by atoms with Crippen LogP contribution in [0, 0.1) is 6.92 Å². The van der Waals surface area contributed by atoms with E-state index in [1.54, 1.807) is 4.90 Å². The normalized spacial score (nSPS) is 14.8. The number of ether oxygens (including phenoxy) is 1. The fraction of sp³-hybridized carbons (Fsp3) is 0.600. The molecule has 144 valence electrons. The quantitative estimate of drug-likeness (QED) is 0.687. The third-order valence-corrected chi connectivity index (χ3v) is 4.93. The highest BCUT2D eigenvalue weighted by Crippen LogP contribution is 2.32. The number of benzene rings is 1. The number of rotatable bonds is 9. The van der Waals surface area contributed by atoms with Crippen molar-refractivity contribution in [3.8, 4) is 5.75 Å². The third-order valence-electron chi connectivity index (χ3n) is 4.93. The van der Waals surface area contributed by atoms with E-state index in [9.17, 15) is 9.59 Å². The molecule has 1 aromatic rings. The minimum Gasteiger partial charge on any atom is -0.482 e. The first-order chi connectivity index (χ1) is 12.4. The first-order valence-corrected chi connectivity index (χ1v) is 9.61. The Bertz CT molecular complexity index is 629. The van der Waals surface area contributed by atoms with Crippen molar-refractivity contribution in [2.75, 3.05) is 37.7 Å². The predicted octanol–water partition coefficient (Wildman–Crippen LogP) is 0.930. The van der Waals surface area contributed by atoms with Gasteiger partial charge >= 0.3 is 0 Å². The van der Waals surface area contributed by atoms with Crippen LogP contribution >= 0.6 is 0 Å². The van der Waals surface area contributed by atoms with Gasteiger partial charge in [-0.2, -0.15) is 0 Å². The summed E-state index contributed by atoms with van der Waals surface area (Å²) >= 11 is 0. The molecule has 0 unspecified atom stereocenters. The summed E-state index contributed by atoms with van der Waals surface area (Å²) in [5.74, 6) is 0.338. The van der Waals surface area contributed by atoms with Gasteiger partial charge in [0.15, 0.2) is 6.61 Å². The van der Waals surface area contributed by atoms with E-state index in [0.29, 0.717) is 11.4 Å². The number of anilines is 1. The van der Waals surface area contributed by atoms with E-state index in [1.807, 2.05) is 32.0 Å². The number of nitrogens with zero attached hydrogens (tertiary/aromatic N) is 1. The molecule has 6 nitrogen and oxygen atoms in total. The number of hydrogen-bond donors (Lipinski definition) is 2. The van der Waals surface area contributed by atoms with Gasteiger partial charge in [0.25, 0.3) is 5.91 Å². The van der Waals surface area contributed by atoms with Gasteiger partial charge in [-0.05, 0) is 58.2 Å². The van der Waals surface area contributed by atoms with Gasteiger partial charge in [-0.15, -0.1) is 0 Å². The van der Waals surface area contributed by atoms with Gasteiger partial charge in [0.1, 0.15) is 12.3 Å². The molecule has 1 heterocycles. The molecule has 0 spiro atoms. The molecule has 0 saturated heterocycles. The van der Waals surface area contributed by atoms with E-state index < -0.39 is 0 Å². The highest BCUT2D eigenvalue weighted by molar-refractivity contribution is 6.02. The van der Waals surface area contributed by atoms with Crippen LogP contribution in [0.2, 0.25) is 0 Å². The molecule has 1 aliphatic heterocycles. The molecule has 0 fully saturated rings. The number of fused-ring (bicyclic) bond motifs is 1. The number of amides is 2. The molecular weight excluding hydrogens is 330 g/mol. The van der Waals surface area contributed by atoms with Crippen LogP contribution < -0.4 is 19.9 Å². The first kappa shape index (κ1) is 20.2. The summed E-state index contributed by atoms with van der Waals surface area (Å²) in [5.41, 5.74) is 1.70. The summed E-state index contributed by atoms with van der Waals surface area (Å²) in [6.07, 6.45) is 2.03. The highest BCUT2D eigenvalue weighted by Gasteiger charge is 2.27. The molecular formula is C20H32N3O3+. The van der Waals surface area contributed by atoms with Crippen LogP contribution in [0.15, 0.2) is 18.2 Å². The van der Waals surface area contributed by atoms with Gasteiger partial charge in [-0.1, -0.05) is 6.07 Å². The van der Waals surface area contributed by atoms with Crippen LogP contribution in [0.25, 0.3) is 0 Å². The van der Waals surface area contributed by atoms with Crippen LogP contribution in [-0.2, 0) is 9.59 Å². The number of hydrogen-bond acceptors (Lipinski definition) is 3. The molecule has 1 aromatic carbocycles. The Balaban J connectivity index is 1.87. The summed E-state index contributed by atoms with van der Waals surface area (Å²) in [5, 5.41) is 3.02. The van der Waals surface area contributed by atoms with E-state index >= 15 is 0 Å². The predicted molar refractivity (Wildman–Crippen MR) is 103 cm³/mol. The number of quaternary nitrogens is 1. The van der Waals surface area contributed by atoms with Crippen LogP contribution in [0.5, 0.6) is 5.75 Å². The van der Waals surface area contributed by atoms with Crippen molar-refractivity contribution in [1.82, 2.24) is 5.32 Å². The van der Waals surface area contributed by atoms with E-state index in [4.69, 9.17) is 4.74 Å². The molecule has 0 saturated carbocycles. The lowest BCUT2D eigenvalue weighted by atomic mass is 10.1. The second-order valence-corrected chi connectivity index (χ2v) is 7.06. The SMILES string of the molecule is CC[NH+](CC)CCC[C@@H](C)NC(=O)CN1C(=O)COc2ccc(C)cc21. The molecule has 6 heteroatoms. The maximum atomic E-state index is 12.4. The van der Waals surface area contributed by atoms with Gasteiger partial charge in [0, 0.05) is 6.04 Å². The second-order valence-electron chi connectivity index (χ2n) is 7.06. The summed E-state index contributed by atoms with van der Waals surface area (Å²) in [7, 11) is 0. The van der Waals surface area contributed by atoms with Crippen molar-refractivity contribution in [2.45, 2.75) is 46.6 Å². The Hall–Kier alpha value is -2.08. The van der Waals surface area contributed by atoms with Crippen molar-refractivity contribution < 1.29 is 19.2 Å². The van der Waals surface area contributed by atoms with Gasteiger partial charge in [-0.25, -0.2) is 0 Å². The van der Waals surface area contributed by atoms with E-state index in [1.165, 1.54) is 4.90 Å². The summed E-state index contributed by atoms with van der Waals surface area (Å²) < 4.78 is 5.46. The van der Waals surface area contributed by atoms with Crippen molar-refractivity contribution in [3.05, 3.63) is 23.8 Å². The Morgan fingerprint density at radius 3 is 2.77 bits per heavy atom. The van der Waals surface area contributed by atoms with Crippen LogP contribution in [0.3, 0.4) is 0 Å². The fourth-order valence-corrected chi connectivity index (χ4v) is 3.28. The smallest absolute Gasteiger partial charge is 0.265 e. The standard InChI is InChI=1S/C20H31N3O3/c1-5-22(6-2)11-7-8-16(4)21-19(24)13-23-17-12-15(3)9-10-18(17)26-14-20(23)25/h9-10,12,16H,5-8,11,13-14H2,1-4H3,(H,21,24)/p+1/t16-/m1/s1. The molecule has 0 aromatic heterocycles. The number of carbonyl (C=O) groups is 2. The third kappa shape index (κ3) is 5.46. The van der Waals surface area contributed by atoms with Crippen LogP contribution in [0.1, 0.15) is 39.2 Å². The zero-order chi connectivity index (χ0) is 19.1. The number of nitrogens with one attached hydrogen (secondary N) is 2. The zero-order valence-electron chi connectivity index (χ0n) is 16.4.